The maximum atomic E-state index is 7.00. The molecule has 0 heterocycles. The van der Waals surface area contributed by atoms with Gasteiger partial charge in [-0.25, -0.2) is 0 Å². The van der Waals surface area contributed by atoms with E-state index in [0.717, 1.165) is 19.7 Å². The lowest BCUT2D eigenvalue weighted by molar-refractivity contribution is 0.399. The summed E-state index contributed by atoms with van der Waals surface area (Å²) in [5.74, 6) is 0. The molecule has 0 rings (SSSR count). The molecule has 0 aliphatic rings. The van der Waals surface area contributed by atoms with Gasteiger partial charge < -0.3 is 10.4 Å². The van der Waals surface area contributed by atoms with E-state index in [4.69, 9.17) is 5.11 Å². The molecule has 0 aliphatic carbocycles. The van der Waals surface area contributed by atoms with Gasteiger partial charge >= 0.3 is 0 Å². The SMILES string of the molecule is CCCC(CC)NCC.CO. The fourth-order valence-corrected chi connectivity index (χ4v) is 1.09. The molecular formula is C9H23NO. The molecule has 0 aromatic heterocycles. The van der Waals surface area contributed by atoms with Crippen LogP contribution in [0.1, 0.15) is 40.0 Å². The molecule has 0 aromatic rings. The Hall–Kier alpha value is -0.0800. The molecule has 0 aliphatic heterocycles. The zero-order valence-electron chi connectivity index (χ0n) is 8.35. The van der Waals surface area contributed by atoms with Crippen LogP contribution >= 0.6 is 0 Å². The molecule has 1 atom stereocenters. The highest BCUT2D eigenvalue weighted by Gasteiger charge is 1.99. The van der Waals surface area contributed by atoms with Crippen molar-refractivity contribution >= 4 is 0 Å². The van der Waals surface area contributed by atoms with Crippen LogP contribution in [0.15, 0.2) is 0 Å². The summed E-state index contributed by atoms with van der Waals surface area (Å²) in [4.78, 5) is 0. The Kier molecular flexibility index (Phi) is 15.4. The Morgan fingerprint density at radius 3 is 2.00 bits per heavy atom. The highest BCUT2D eigenvalue weighted by atomic mass is 16.2. The van der Waals surface area contributed by atoms with Crippen molar-refractivity contribution in [2.75, 3.05) is 13.7 Å². The lowest BCUT2D eigenvalue weighted by Gasteiger charge is -2.13. The Morgan fingerprint density at radius 1 is 1.18 bits per heavy atom. The number of hydrogen-bond donors (Lipinski definition) is 2. The average molecular weight is 161 g/mol. The van der Waals surface area contributed by atoms with Crippen LogP contribution in [0.4, 0.5) is 0 Å². The van der Waals surface area contributed by atoms with Gasteiger partial charge in [0, 0.05) is 13.2 Å². The molecule has 0 amide bonds. The summed E-state index contributed by atoms with van der Waals surface area (Å²) >= 11 is 0. The maximum Gasteiger partial charge on any atom is 0.0319 e. The van der Waals surface area contributed by atoms with Gasteiger partial charge in [0.25, 0.3) is 0 Å². The lowest BCUT2D eigenvalue weighted by atomic mass is 10.1. The number of aliphatic hydroxyl groups is 1. The first-order valence-corrected chi connectivity index (χ1v) is 4.53. The van der Waals surface area contributed by atoms with Crippen LogP contribution < -0.4 is 5.32 Å². The molecule has 0 spiro atoms. The summed E-state index contributed by atoms with van der Waals surface area (Å²) in [6.45, 7) is 7.75. The van der Waals surface area contributed by atoms with Crippen LogP contribution in [0.2, 0.25) is 0 Å². The zero-order chi connectivity index (χ0) is 9.11. The summed E-state index contributed by atoms with van der Waals surface area (Å²) in [6.07, 6.45) is 3.89. The quantitative estimate of drug-likeness (QED) is 0.644. The molecule has 2 nitrogen and oxygen atoms in total. The van der Waals surface area contributed by atoms with Crippen LogP contribution in [0.25, 0.3) is 0 Å². The van der Waals surface area contributed by atoms with Crippen molar-refractivity contribution in [2.24, 2.45) is 0 Å². The van der Waals surface area contributed by atoms with Crippen molar-refractivity contribution in [3.8, 4) is 0 Å². The fourth-order valence-electron chi connectivity index (χ4n) is 1.09. The van der Waals surface area contributed by atoms with E-state index >= 15 is 0 Å². The van der Waals surface area contributed by atoms with E-state index in [1.165, 1.54) is 19.3 Å². The Balaban J connectivity index is 0. The molecule has 0 aromatic carbocycles. The van der Waals surface area contributed by atoms with Crippen molar-refractivity contribution in [3.05, 3.63) is 0 Å². The van der Waals surface area contributed by atoms with Crippen LogP contribution in [0.3, 0.4) is 0 Å². The summed E-state index contributed by atoms with van der Waals surface area (Å²) < 4.78 is 0. The van der Waals surface area contributed by atoms with Gasteiger partial charge in [-0.3, -0.25) is 0 Å². The first kappa shape index (κ1) is 13.5. The molecule has 0 fully saturated rings. The van der Waals surface area contributed by atoms with Crippen LogP contribution in [0.5, 0.6) is 0 Å². The topological polar surface area (TPSA) is 32.3 Å². The van der Waals surface area contributed by atoms with Gasteiger partial charge in [-0.05, 0) is 19.4 Å². The minimum atomic E-state index is 0.764. The smallest absolute Gasteiger partial charge is 0.0319 e. The highest BCUT2D eigenvalue weighted by molar-refractivity contribution is 4.61. The Morgan fingerprint density at radius 2 is 1.73 bits per heavy atom. The van der Waals surface area contributed by atoms with Crippen molar-refractivity contribution in [2.45, 2.75) is 46.1 Å². The fraction of sp³-hybridized carbons (Fsp3) is 1.00. The molecule has 0 radical (unpaired) electrons. The van der Waals surface area contributed by atoms with Crippen molar-refractivity contribution < 1.29 is 5.11 Å². The van der Waals surface area contributed by atoms with E-state index in [9.17, 15) is 0 Å². The van der Waals surface area contributed by atoms with Gasteiger partial charge in [0.1, 0.15) is 0 Å². The number of nitrogens with one attached hydrogen (secondary N) is 1. The highest BCUT2D eigenvalue weighted by Crippen LogP contribution is 1.99. The normalized spacial score (nSPS) is 11.7. The summed E-state index contributed by atoms with van der Waals surface area (Å²) in [5.41, 5.74) is 0. The third-order valence-corrected chi connectivity index (χ3v) is 1.62. The van der Waals surface area contributed by atoms with E-state index in [-0.39, 0.29) is 0 Å². The minimum Gasteiger partial charge on any atom is -0.400 e. The number of rotatable bonds is 5. The Bertz CT molecular complexity index is 51.5. The molecule has 2 N–H and O–H groups in total. The minimum absolute atomic E-state index is 0.764. The largest absolute Gasteiger partial charge is 0.400 e. The van der Waals surface area contributed by atoms with Crippen molar-refractivity contribution in [1.29, 1.82) is 0 Å². The monoisotopic (exact) mass is 161 g/mol. The van der Waals surface area contributed by atoms with Crippen molar-refractivity contribution in [1.82, 2.24) is 5.32 Å². The van der Waals surface area contributed by atoms with E-state index in [1.807, 2.05) is 0 Å². The standard InChI is InChI=1S/C8H19N.CH4O/c1-4-7-8(5-2)9-6-3;1-2/h8-9H,4-7H2,1-3H3;2H,1H3. The van der Waals surface area contributed by atoms with Gasteiger partial charge in [-0.2, -0.15) is 0 Å². The van der Waals surface area contributed by atoms with Crippen molar-refractivity contribution in [3.63, 3.8) is 0 Å². The third kappa shape index (κ3) is 9.92. The van der Waals surface area contributed by atoms with E-state index in [1.54, 1.807) is 0 Å². The Labute approximate surface area is 71.0 Å². The summed E-state index contributed by atoms with van der Waals surface area (Å²) in [5, 5.41) is 10.4. The second-order valence-electron chi connectivity index (χ2n) is 2.45. The summed E-state index contributed by atoms with van der Waals surface area (Å²) in [7, 11) is 1.00. The predicted octanol–water partition coefficient (Wildman–Crippen LogP) is 1.78. The van der Waals surface area contributed by atoms with E-state index in [2.05, 4.69) is 26.1 Å². The molecule has 0 saturated heterocycles. The zero-order valence-corrected chi connectivity index (χ0v) is 8.35. The van der Waals surface area contributed by atoms with E-state index < -0.39 is 0 Å². The molecule has 2 heteroatoms. The first-order valence-electron chi connectivity index (χ1n) is 4.53. The maximum absolute atomic E-state index is 7.00. The summed E-state index contributed by atoms with van der Waals surface area (Å²) in [6, 6.07) is 0.764. The first-order chi connectivity index (χ1) is 5.35. The predicted molar refractivity (Wildman–Crippen MR) is 50.8 cm³/mol. The van der Waals surface area contributed by atoms with Crippen LogP contribution in [0, 0.1) is 0 Å². The number of hydrogen-bond acceptors (Lipinski definition) is 2. The lowest BCUT2D eigenvalue weighted by Crippen LogP contribution is -2.27. The van der Waals surface area contributed by atoms with Gasteiger partial charge in [-0.1, -0.05) is 27.2 Å². The average Bonchev–Trinajstić information content (AvgIpc) is 2.08. The van der Waals surface area contributed by atoms with Gasteiger partial charge in [0.15, 0.2) is 0 Å². The van der Waals surface area contributed by atoms with E-state index in [0.29, 0.717) is 0 Å². The van der Waals surface area contributed by atoms with Gasteiger partial charge in [0.2, 0.25) is 0 Å². The van der Waals surface area contributed by atoms with Gasteiger partial charge in [-0.15, -0.1) is 0 Å². The molecule has 1 unspecified atom stereocenters. The molecular weight excluding hydrogens is 138 g/mol. The molecule has 0 saturated carbocycles. The molecule has 11 heavy (non-hydrogen) atoms. The third-order valence-electron chi connectivity index (χ3n) is 1.62. The molecule has 70 valence electrons. The second kappa shape index (κ2) is 12.6. The van der Waals surface area contributed by atoms with Crippen LogP contribution in [-0.4, -0.2) is 24.8 Å². The second-order valence-corrected chi connectivity index (χ2v) is 2.45. The van der Waals surface area contributed by atoms with Gasteiger partial charge in [0.05, 0.1) is 0 Å². The number of aliphatic hydroxyl groups excluding tert-OH is 1. The molecule has 0 bridgehead atoms. The van der Waals surface area contributed by atoms with Crippen LogP contribution in [-0.2, 0) is 0 Å².